The lowest BCUT2D eigenvalue weighted by atomic mass is 10.2. The van der Waals surface area contributed by atoms with Crippen LogP contribution in [-0.2, 0) is 20.1 Å². The molecular formula is C13H17N3O2S. The van der Waals surface area contributed by atoms with Crippen LogP contribution in [0.1, 0.15) is 31.4 Å². The van der Waals surface area contributed by atoms with E-state index in [1.54, 1.807) is 23.1 Å². The molecule has 0 amide bonds. The summed E-state index contributed by atoms with van der Waals surface area (Å²) in [6.07, 6.45) is 1.39. The molecule has 6 heteroatoms. The Labute approximate surface area is 115 Å². The van der Waals surface area contributed by atoms with Gasteiger partial charge in [0.2, 0.25) is 0 Å². The Hall–Kier alpha value is -1.66. The molecule has 19 heavy (non-hydrogen) atoms. The number of hydrogen-bond acceptors (Lipinski definition) is 4. The largest absolute Gasteiger partial charge is 0.478 e. The topological polar surface area (TPSA) is 67.2 Å². The molecule has 0 aliphatic rings. The maximum Gasteiger partial charge on any atom is 0.339 e. The van der Waals surface area contributed by atoms with Crippen molar-refractivity contribution in [2.75, 3.05) is 0 Å². The molecule has 102 valence electrons. The van der Waals surface area contributed by atoms with Crippen molar-refractivity contribution in [1.82, 2.24) is 15.1 Å². The minimum absolute atomic E-state index is 0.258. The van der Waals surface area contributed by atoms with E-state index in [0.717, 1.165) is 6.54 Å². The van der Waals surface area contributed by atoms with Crippen LogP contribution >= 0.6 is 11.3 Å². The number of hydrogen-bond donors (Lipinski definition) is 2. The van der Waals surface area contributed by atoms with Gasteiger partial charge in [-0.15, -0.1) is 11.3 Å². The number of thiophene rings is 1. The monoisotopic (exact) mass is 279 g/mol. The summed E-state index contributed by atoms with van der Waals surface area (Å²) >= 11 is 1.77. The molecule has 0 saturated carbocycles. The van der Waals surface area contributed by atoms with Gasteiger partial charge >= 0.3 is 5.97 Å². The summed E-state index contributed by atoms with van der Waals surface area (Å²) in [5.41, 5.74) is 2.25. The summed E-state index contributed by atoms with van der Waals surface area (Å²) < 4.78 is 1.60. The van der Waals surface area contributed by atoms with Gasteiger partial charge < -0.3 is 10.4 Å². The molecule has 2 rings (SSSR count). The Morgan fingerprint density at radius 1 is 1.47 bits per heavy atom. The van der Waals surface area contributed by atoms with Crippen LogP contribution in [0.4, 0.5) is 0 Å². The van der Waals surface area contributed by atoms with Crippen LogP contribution in [0.5, 0.6) is 0 Å². The van der Waals surface area contributed by atoms with Crippen LogP contribution in [-0.4, -0.2) is 20.9 Å². The number of carboxylic acids is 1. The zero-order chi connectivity index (χ0) is 14.0. The summed E-state index contributed by atoms with van der Waals surface area (Å²) in [5.74, 6) is -0.937. The summed E-state index contributed by atoms with van der Waals surface area (Å²) in [7, 11) is 1.75. The molecule has 0 radical (unpaired) electrons. The number of nitrogens with zero attached hydrogens (tertiary/aromatic N) is 2. The number of nitrogens with one attached hydrogen (secondary N) is 1. The number of carbonyl (C=O) groups is 1. The summed E-state index contributed by atoms with van der Waals surface area (Å²) in [5, 5.41) is 16.3. The molecule has 0 unspecified atom stereocenters. The SMILES string of the molecule is Cc1cc(CNCc2c(C(=O)O)cnn2C)sc1C. The maximum atomic E-state index is 11.0. The number of aromatic nitrogens is 2. The van der Waals surface area contributed by atoms with Crippen LogP contribution in [0, 0.1) is 13.8 Å². The Balaban J connectivity index is 1.99. The van der Waals surface area contributed by atoms with E-state index in [1.807, 2.05) is 0 Å². The summed E-state index contributed by atoms with van der Waals surface area (Å²) in [4.78, 5) is 13.6. The lowest BCUT2D eigenvalue weighted by Gasteiger charge is -2.05. The normalized spacial score (nSPS) is 10.9. The molecule has 0 fully saturated rings. The fourth-order valence-corrected chi connectivity index (χ4v) is 2.92. The zero-order valence-electron chi connectivity index (χ0n) is 11.2. The molecule has 2 heterocycles. The van der Waals surface area contributed by atoms with Gasteiger partial charge in [-0.05, 0) is 25.5 Å². The first-order valence-electron chi connectivity index (χ1n) is 6.00. The lowest BCUT2D eigenvalue weighted by Crippen LogP contribution is -2.17. The highest BCUT2D eigenvalue weighted by molar-refractivity contribution is 7.12. The molecular weight excluding hydrogens is 262 g/mol. The fourth-order valence-electron chi connectivity index (χ4n) is 1.89. The van der Waals surface area contributed by atoms with E-state index in [0.29, 0.717) is 12.2 Å². The molecule has 2 aromatic rings. The zero-order valence-corrected chi connectivity index (χ0v) is 12.0. The van der Waals surface area contributed by atoms with Gasteiger partial charge in [0.05, 0.1) is 11.9 Å². The highest BCUT2D eigenvalue weighted by atomic mass is 32.1. The van der Waals surface area contributed by atoms with Crippen molar-refractivity contribution in [3.63, 3.8) is 0 Å². The summed E-state index contributed by atoms with van der Waals surface area (Å²) in [6.45, 7) is 5.43. The predicted molar refractivity (Wildman–Crippen MR) is 74.5 cm³/mol. The Bertz CT molecular complexity index is 582. The quantitative estimate of drug-likeness (QED) is 0.879. The Morgan fingerprint density at radius 3 is 2.79 bits per heavy atom. The molecule has 0 atom stereocenters. The maximum absolute atomic E-state index is 11.0. The van der Waals surface area contributed by atoms with Gasteiger partial charge in [0.25, 0.3) is 0 Å². The van der Waals surface area contributed by atoms with Gasteiger partial charge in [-0.25, -0.2) is 4.79 Å². The first-order valence-corrected chi connectivity index (χ1v) is 6.81. The molecule has 5 nitrogen and oxygen atoms in total. The molecule has 0 bridgehead atoms. The highest BCUT2D eigenvalue weighted by Gasteiger charge is 2.14. The molecule has 0 spiro atoms. The average molecular weight is 279 g/mol. The van der Waals surface area contributed by atoms with E-state index in [4.69, 9.17) is 5.11 Å². The van der Waals surface area contributed by atoms with Gasteiger partial charge in [0, 0.05) is 29.9 Å². The molecule has 2 aromatic heterocycles. The van der Waals surface area contributed by atoms with Crippen molar-refractivity contribution in [2.24, 2.45) is 7.05 Å². The fraction of sp³-hybridized carbons (Fsp3) is 0.385. The lowest BCUT2D eigenvalue weighted by molar-refractivity contribution is 0.0695. The molecule has 0 saturated heterocycles. The van der Waals surface area contributed by atoms with Gasteiger partial charge in [-0.3, -0.25) is 4.68 Å². The van der Waals surface area contributed by atoms with Crippen molar-refractivity contribution in [2.45, 2.75) is 26.9 Å². The third kappa shape index (κ3) is 3.02. The number of aryl methyl sites for hydroxylation is 3. The van der Waals surface area contributed by atoms with Crippen molar-refractivity contribution in [3.8, 4) is 0 Å². The van der Waals surface area contributed by atoms with E-state index in [-0.39, 0.29) is 5.56 Å². The van der Waals surface area contributed by atoms with Crippen molar-refractivity contribution in [3.05, 3.63) is 38.8 Å². The van der Waals surface area contributed by atoms with Crippen molar-refractivity contribution in [1.29, 1.82) is 0 Å². The van der Waals surface area contributed by atoms with Crippen LogP contribution in [0.2, 0.25) is 0 Å². The first-order chi connectivity index (χ1) is 8.99. The number of carboxylic acid groups (broad SMARTS) is 1. The van der Waals surface area contributed by atoms with Crippen LogP contribution in [0.15, 0.2) is 12.3 Å². The minimum Gasteiger partial charge on any atom is -0.478 e. The second kappa shape index (κ2) is 5.54. The second-order valence-electron chi connectivity index (χ2n) is 4.49. The number of rotatable bonds is 5. The van der Waals surface area contributed by atoms with E-state index in [1.165, 1.54) is 21.5 Å². The first kappa shape index (κ1) is 13.8. The average Bonchev–Trinajstić information content (AvgIpc) is 2.84. The minimum atomic E-state index is -0.937. The van der Waals surface area contributed by atoms with Crippen molar-refractivity contribution >= 4 is 17.3 Å². The van der Waals surface area contributed by atoms with Crippen molar-refractivity contribution < 1.29 is 9.90 Å². The third-order valence-electron chi connectivity index (χ3n) is 3.10. The second-order valence-corrected chi connectivity index (χ2v) is 5.83. The van der Waals surface area contributed by atoms with Crippen LogP contribution in [0.25, 0.3) is 0 Å². The summed E-state index contributed by atoms with van der Waals surface area (Å²) in [6, 6.07) is 2.16. The predicted octanol–water partition coefficient (Wildman–Crippen LogP) is 2.09. The molecule has 0 aliphatic carbocycles. The van der Waals surface area contributed by atoms with E-state index < -0.39 is 5.97 Å². The molecule has 0 aromatic carbocycles. The smallest absolute Gasteiger partial charge is 0.339 e. The van der Waals surface area contributed by atoms with E-state index in [9.17, 15) is 4.79 Å². The highest BCUT2D eigenvalue weighted by Crippen LogP contribution is 2.20. The van der Waals surface area contributed by atoms with Crippen LogP contribution in [0.3, 0.4) is 0 Å². The van der Waals surface area contributed by atoms with E-state index in [2.05, 4.69) is 30.3 Å². The van der Waals surface area contributed by atoms with Gasteiger partial charge in [0.15, 0.2) is 0 Å². The Kier molecular flexibility index (Phi) is 4.01. The van der Waals surface area contributed by atoms with Gasteiger partial charge in [0.1, 0.15) is 5.56 Å². The standard InChI is InChI=1S/C13H17N3O2S/c1-8-4-10(19-9(8)2)5-14-7-12-11(13(17)18)6-15-16(12)3/h4,6,14H,5,7H2,1-3H3,(H,17,18). The van der Waals surface area contributed by atoms with Crippen LogP contribution < -0.4 is 5.32 Å². The van der Waals surface area contributed by atoms with Gasteiger partial charge in [-0.1, -0.05) is 0 Å². The Morgan fingerprint density at radius 2 is 2.21 bits per heavy atom. The van der Waals surface area contributed by atoms with E-state index >= 15 is 0 Å². The third-order valence-corrected chi connectivity index (χ3v) is 4.25. The van der Waals surface area contributed by atoms with Gasteiger partial charge in [-0.2, -0.15) is 5.10 Å². The molecule has 0 aliphatic heterocycles. The number of aromatic carboxylic acids is 1. The molecule has 2 N–H and O–H groups in total.